The summed E-state index contributed by atoms with van der Waals surface area (Å²) < 4.78 is 31.1. The molecule has 2 amide bonds. The van der Waals surface area contributed by atoms with Crippen LogP contribution in [0.3, 0.4) is 0 Å². The first-order chi connectivity index (χ1) is 12.8. The largest absolute Gasteiger partial charge is 0.452 e. The van der Waals surface area contributed by atoms with Crippen LogP contribution in [0.25, 0.3) is 0 Å². The van der Waals surface area contributed by atoms with Crippen molar-refractivity contribution in [3.05, 3.63) is 65.2 Å². The molecule has 0 atom stereocenters. The molecule has 27 heavy (non-hydrogen) atoms. The minimum atomic E-state index is -1.10. The number of nitrogens with zero attached hydrogens (tertiary/aromatic N) is 1. The Morgan fingerprint density at radius 3 is 2.37 bits per heavy atom. The number of likely N-dealkylation sites (N-methyl/N-ethyl adjacent to an activating group) is 1. The molecule has 0 aliphatic rings. The zero-order valence-corrected chi connectivity index (χ0v) is 14.8. The maximum absolute atomic E-state index is 13.5. The standard InChI is InChI=1S/C19H18F2N2O4/c1-12-3-6-14(7-4-12)22-17(24)10-23(2)18(25)11-27-19(26)15-8-5-13(20)9-16(15)21/h3-9H,10-11H2,1-2H3,(H,22,24). The van der Waals surface area contributed by atoms with Crippen molar-refractivity contribution >= 4 is 23.5 Å². The van der Waals surface area contributed by atoms with E-state index in [4.69, 9.17) is 4.74 Å². The monoisotopic (exact) mass is 376 g/mol. The summed E-state index contributed by atoms with van der Waals surface area (Å²) in [4.78, 5) is 36.7. The zero-order valence-electron chi connectivity index (χ0n) is 14.8. The van der Waals surface area contributed by atoms with Crippen LogP contribution in [-0.2, 0) is 14.3 Å². The van der Waals surface area contributed by atoms with Crippen LogP contribution in [-0.4, -0.2) is 42.9 Å². The predicted octanol–water partition coefficient (Wildman–Crippen LogP) is 2.53. The number of ether oxygens (including phenoxy) is 1. The molecule has 0 aliphatic carbocycles. The van der Waals surface area contributed by atoms with Crippen LogP contribution < -0.4 is 5.32 Å². The van der Waals surface area contributed by atoms with Crippen molar-refractivity contribution in [1.29, 1.82) is 0 Å². The van der Waals surface area contributed by atoms with Crippen LogP contribution in [0, 0.1) is 18.6 Å². The Morgan fingerprint density at radius 2 is 1.74 bits per heavy atom. The quantitative estimate of drug-likeness (QED) is 0.786. The molecule has 0 fully saturated rings. The van der Waals surface area contributed by atoms with Gasteiger partial charge in [0.25, 0.3) is 5.91 Å². The molecule has 0 unspecified atom stereocenters. The summed E-state index contributed by atoms with van der Waals surface area (Å²) in [5.74, 6) is -4.09. The second kappa shape index (κ2) is 8.88. The number of carbonyl (C=O) groups is 3. The molecule has 0 heterocycles. The van der Waals surface area contributed by atoms with Gasteiger partial charge in [-0.15, -0.1) is 0 Å². The lowest BCUT2D eigenvalue weighted by Gasteiger charge is -2.17. The number of amides is 2. The number of rotatable bonds is 6. The van der Waals surface area contributed by atoms with E-state index in [1.54, 1.807) is 12.1 Å². The van der Waals surface area contributed by atoms with Gasteiger partial charge in [-0.05, 0) is 31.2 Å². The van der Waals surface area contributed by atoms with Crippen molar-refractivity contribution < 1.29 is 27.9 Å². The number of nitrogens with one attached hydrogen (secondary N) is 1. The molecule has 142 valence electrons. The smallest absolute Gasteiger partial charge is 0.341 e. The Labute approximate surface area is 154 Å². The van der Waals surface area contributed by atoms with Crippen molar-refractivity contribution in [1.82, 2.24) is 4.90 Å². The predicted molar refractivity (Wildman–Crippen MR) is 94.1 cm³/mol. The van der Waals surface area contributed by atoms with E-state index in [0.717, 1.165) is 22.6 Å². The van der Waals surface area contributed by atoms with Gasteiger partial charge in [-0.3, -0.25) is 9.59 Å². The summed E-state index contributed by atoms with van der Waals surface area (Å²) >= 11 is 0. The Morgan fingerprint density at radius 1 is 1.07 bits per heavy atom. The highest BCUT2D eigenvalue weighted by molar-refractivity contribution is 5.95. The summed E-state index contributed by atoms with van der Waals surface area (Å²) in [6.45, 7) is 0.982. The fraction of sp³-hybridized carbons (Fsp3) is 0.211. The van der Waals surface area contributed by atoms with Gasteiger partial charge in [-0.25, -0.2) is 13.6 Å². The van der Waals surface area contributed by atoms with Crippen molar-refractivity contribution in [3.8, 4) is 0 Å². The van der Waals surface area contributed by atoms with Gasteiger partial charge in [-0.1, -0.05) is 17.7 Å². The summed E-state index contributed by atoms with van der Waals surface area (Å²) in [6.07, 6.45) is 0. The van der Waals surface area contributed by atoms with Crippen LogP contribution in [0.1, 0.15) is 15.9 Å². The Hall–Kier alpha value is -3.29. The minimum Gasteiger partial charge on any atom is -0.452 e. The maximum atomic E-state index is 13.5. The molecular weight excluding hydrogens is 358 g/mol. The number of hydrogen-bond acceptors (Lipinski definition) is 4. The number of aryl methyl sites for hydroxylation is 1. The summed E-state index contributed by atoms with van der Waals surface area (Å²) in [7, 11) is 1.36. The Bertz CT molecular complexity index is 853. The molecule has 0 radical (unpaired) electrons. The van der Waals surface area contributed by atoms with Gasteiger partial charge in [0, 0.05) is 18.8 Å². The van der Waals surface area contributed by atoms with E-state index in [0.29, 0.717) is 11.8 Å². The van der Waals surface area contributed by atoms with Crippen LogP contribution >= 0.6 is 0 Å². The number of halogens is 2. The molecule has 0 saturated heterocycles. The molecule has 0 aliphatic heterocycles. The van der Waals surface area contributed by atoms with Crippen LogP contribution in [0.2, 0.25) is 0 Å². The lowest BCUT2D eigenvalue weighted by Crippen LogP contribution is -2.37. The number of hydrogen-bond donors (Lipinski definition) is 1. The third-order valence-electron chi connectivity index (χ3n) is 3.62. The molecule has 2 aromatic rings. The number of anilines is 1. The first-order valence-electron chi connectivity index (χ1n) is 7.99. The molecular formula is C19H18F2N2O4. The van der Waals surface area contributed by atoms with E-state index < -0.39 is 41.6 Å². The van der Waals surface area contributed by atoms with E-state index in [-0.39, 0.29) is 6.54 Å². The first-order valence-corrected chi connectivity index (χ1v) is 7.99. The third-order valence-corrected chi connectivity index (χ3v) is 3.62. The lowest BCUT2D eigenvalue weighted by atomic mass is 10.2. The average Bonchev–Trinajstić information content (AvgIpc) is 2.61. The number of benzene rings is 2. The molecule has 8 heteroatoms. The highest BCUT2D eigenvalue weighted by Crippen LogP contribution is 2.11. The normalized spacial score (nSPS) is 10.2. The highest BCUT2D eigenvalue weighted by Gasteiger charge is 2.18. The van der Waals surface area contributed by atoms with E-state index in [9.17, 15) is 23.2 Å². The molecule has 0 saturated carbocycles. The fourth-order valence-corrected chi connectivity index (χ4v) is 2.11. The van der Waals surface area contributed by atoms with Crippen molar-refractivity contribution in [2.45, 2.75) is 6.92 Å². The minimum absolute atomic E-state index is 0.255. The summed E-state index contributed by atoms with van der Waals surface area (Å²) in [6, 6.07) is 9.50. The molecule has 2 aromatic carbocycles. The summed E-state index contributed by atoms with van der Waals surface area (Å²) in [5.41, 5.74) is 1.15. The fourth-order valence-electron chi connectivity index (χ4n) is 2.11. The van der Waals surface area contributed by atoms with Gasteiger partial charge in [0.15, 0.2) is 6.61 Å². The lowest BCUT2D eigenvalue weighted by molar-refractivity contribution is -0.136. The molecule has 0 bridgehead atoms. The Balaban J connectivity index is 1.83. The van der Waals surface area contributed by atoms with E-state index in [1.165, 1.54) is 7.05 Å². The zero-order chi connectivity index (χ0) is 20.0. The van der Waals surface area contributed by atoms with Gasteiger partial charge in [0.2, 0.25) is 5.91 Å². The number of carbonyl (C=O) groups excluding carboxylic acids is 3. The van der Waals surface area contributed by atoms with Gasteiger partial charge in [0.05, 0.1) is 12.1 Å². The van der Waals surface area contributed by atoms with Crippen LogP contribution in [0.4, 0.5) is 14.5 Å². The topological polar surface area (TPSA) is 75.7 Å². The van der Waals surface area contributed by atoms with Gasteiger partial charge >= 0.3 is 5.97 Å². The first kappa shape index (κ1) is 20.0. The Kier molecular flexibility index (Phi) is 6.59. The average molecular weight is 376 g/mol. The van der Waals surface area contributed by atoms with E-state index in [2.05, 4.69) is 5.32 Å². The molecule has 6 nitrogen and oxygen atoms in total. The molecule has 0 aromatic heterocycles. The van der Waals surface area contributed by atoms with Crippen LogP contribution in [0.5, 0.6) is 0 Å². The second-order valence-corrected chi connectivity index (χ2v) is 5.86. The van der Waals surface area contributed by atoms with Gasteiger partial charge in [-0.2, -0.15) is 0 Å². The van der Waals surface area contributed by atoms with Crippen molar-refractivity contribution in [2.24, 2.45) is 0 Å². The maximum Gasteiger partial charge on any atom is 0.341 e. The van der Waals surface area contributed by atoms with Gasteiger partial charge in [0.1, 0.15) is 11.6 Å². The van der Waals surface area contributed by atoms with Crippen LogP contribution in [0.15, 0.2) is 42.5 Å². The SMILES string of the molecule is Cc1ccc(NC(=O)CN(C)C(=O)COC(=O)c2ccc(F)cc2F)cc1. The number of esters is 1. The van der Waals surface area contributed by atoms with Gasteiger partial charge < -0.3 is 15.0 Å². The van der Waals surface area contributed by atoms with Crippen molar-refractivity contribution in [3.63, 3.8) is 0 Å². The molecule has 0 spiro atoms. The van der Waals surface area contributed by atoms with E-state index in [1.807, 2.05) is 19.1 Å². The molecule has 2 rings (SSSR count). The highest BCUT2D eigenvalue weighted by atomic mass is 19.1. The van der Waals surface area contributed by atoms with Crippen molar-refractivity contribution in [2.75, 3.05) is 25.5 Å². The molecule has 1 N–H and O–H groups in total. The third kappa shape index (κ3) is 5.88. The van der Waals surface area contributed by atoms with E-state index >= 15 is 0 Å². The summed E-state index contributed by atoms with van der Waals surface area (Å²) in [5, 5.41) is 2.63. The second-order valence-electron chi connectivity index (χ2n) is 5.86.